The molecule has 0 aliphatic rings. The molecule has 0 radical (unpaired) electrons. The van der Waals surface area contributed by atoms with Crippen LogP contribution in [0.25, 0.3) is 72.1 Å². The number of benzene rings is 5. The number of rotatable bonds is 4. The van der Waals surface area contributed by atoms with Gasteiger partial charge in [0.05, 0.1) is 11.4 Å². The van der Waals surface area contributed by atoms with Crippen LogP contribution in [0.2, 0.25) is 0 Å². The number of pyridine rings is 2. The molecule has 5 aromatic carbocycles. The highest BCUT2D eigenvalue weighted by atomic mass is 15.0. The smallest absolute Gasteiger partial charge is 0.138 e. The van der Waals surface area contributed by atoms with E-state index in [0.717, 1.165) is 28.3 Å². The van der Waals surface area contributed by atoms with Gasteiger partial charge in [-0.15, -0.1) is 0 Å². The number of imidazole rings is 1. The molecule has 192 valence electrons. The summed E-state index contributed by atoms with van der Waals surface area (Å²) >= 11 is 0. The molecule has 3 nitrogen and oxygen atoms in total. The van der Waals surface area contributed by atoms with Crippen molar-refractivity contribution in [2.45, 2.75) is 0 Å². The number of fused-ring (bicyclic) bond motifs is 4. The van der Waals surface area contributed by atoms with Crippen molar-refractivity contribution in [3.63, 3.8) is 0 Å². The third-order valence-corrected chi connectivity index (χ3v) is 7.89. The molecule has 0 amide bonds. The molecule has 3 heterocycles. The Morgan fingerprint density at radius 1 is 0.488 bits per heavy atom. The molecular formula is C38H25N3. The van der Waals surface area contributed by atoms with Crippen LogP contribution in [0.5, 0.6) is 0 Å². The first-order valence-electron chi connectivity index (χ1n) is 13.8. The van der Waals surface area contributed by atoms with Crippen molar-refractivity contribution in [1.29, 1.82) is 0 Å². The van der Waals surface area contributed by atoms with Crippen LogP contribution < -0.4 is 0 Å². The summed E-state index contributed by atoms with van der Waals surface area (Å²) in [5.74, 6) is 0. The molecule has 8 rings (SSSR count). The molecule has 0 aliphatic carbocycles. The summed E-state index contributed by atoms with van der Waals surface area (Å²) in [5, 5.41) is 5.12. The second-order valence-corrected chi connectivity index (χ2v) is 10.3. The third kappa shape index (κ3) is 3.98. The van der Waals surface area contributed by atoms with Gasteiger partial charge in [0, 0.05) is 18.0 Å². The van der Waals surface area contributed by atoms with Gasteiger partial charge >= 0.3 is 0 Å². The summed E-state index contributed by atoms with van der Waals surface area (Å²) in [4.78, 5) is 9.51. The van der Waals surface area contributed by atoms with E-state index in [9.17, 15) is 0 Å². The highest BCUT2D eigenvalue weighted by Gasteiger charge is 2.17. The topological polar surface area (TPSA) is 30.2 Å². The highest BCUT2D eigenvalue weighted by Crippen LogP contribution is 2.37. The van der Waals surface area contributed by atoms with Gasteiger partial charge in [-0.3, -0.25) is 9.38 Å². The van der Waals surface area contributed by atoms with E-state index in [1.54, 1.807) is 0 Å². The van der Waals surface area contributed by atoms with Gasteiger partial charge in [0.2, 0.25) is 0 Å². The lowest BCUT2D eigenvalue weighted by molar-refractivity contribution is 1.19. The van der Waals surface area contributed by atoms with Crippen LogP contribution in [0, 0.1) is 0 Å². The van der Waals surface area contributed by atoms with E-state index in [0.29, 0.717) is 0 Å². The standard InChI is InChI=1S/C38H25N3/c1-2-10-31-30(9-1)25-34(33-12-4-3-11-32(31)33)28-19-15-26(16-20-28)27-17-21-29(22-18-27)38-37(35-13-5-7-23-39-35)40-36-14-6-8-24-41(36)38/h1-25H. The Balaban J connectivity index is 1.17. The second-order valence-electron chi connectivity index (χ2n) is 10.3. The fourth-order valence-electron chi connectivity index (χ4n) is 5.91. The lowest BCUT2D eigenvalue weighted by atomic mass is 9.92. The molecule has 0 fully saturated rings. The van der Waals surface area contributed by atoms with Crippen molar-refractivity contribution in [3.8, 4) is 44.9 Å². The van der Waals surface area contributed by atoms with Gasteiger partial charge in [-0.1, -0.05) is 109 Å². The summed E-state index contributed by atoms with van der Waals surface area (Å²) in [7, 11) is 0. The summed E-state index contributed by atoms with van der Waals surface area (Å²) in [6, 6.07) is 49.4. The van der Waals surface area contributed by atoms with Crippen molar-refractivity contribution >= 4 is 27.2 Å². The molecule has 0 aliphatic heterocycles. The zero-order valence-electron chi connectivity index (χ0n) is 22.3. The highest BCUT2D eigenvalue weighted by molar-refractivity contribution is 6.13. The summed E-state index contributed by atoms with van der Waals surface area (Å²) in [5.41, 5.74) is 9.66. The Morgan fingerprint density at radius 3 is 1.88 bits per heavy atom. The zero-order valence-corrected chi connectivity index (χ0v) is 22.3. The van der Waals surface area contributed by atoms with E-state index >= 15 is 0 Å². The van der Waals surface area contributed by atoms with E-state index in [2.05, 4.69) is 119 Å². The quantitative estimate of drug-likeness (QED) is 0.215. The number of hydrogen-bond donors (Lipinski definition) is 0. The fraction of sp³-hybridized carbons (Fsp3) is 0. The van der Waals surface area contributed by atoms with Crippen molar-refractivity contribution in [1.82, 2.24) is 14.4 Å². The normalized spacial score (nSPS) is 11.4. The van der Waals surface area contributed by atoms with Crippen LogP contribution in [0.15, 0.2) is 152 Å². The predicted molar refractivity (Wildman–Crippen MR) is 170 cm³/mol. The predicted octanol–water partition coefficient (Wildman–Crippen LogP) is 9.70. The average Bonchev–Trinajstić information content (AvgIpc) is 3.45. The summed E-state index contributed by atoms with van der Waals surface area (Å²) in [6.07, 6.45) is 3.88. The molecule has 0 atom stereocenters. The van der Waals surface area contributed by atoms with Crippen LogP contribution in [-0.2, 0) is 0 Å². The molecule has 0 bridgehead atoms. The van der Waals surface area contributed by atoms with Crippen LogP contribution >= 0.6 is 0 Å². The molecule has 3 aromatic heterocycles. The summed E-state index contributed by atoms with van der Waals surface area (Å²) < 4.78 is 2.14. The van der Waals surface area contributed by atoms with Crippen molar-refractivity contribution in [2.24, 2.45) is 0 Å². The first-order chi connectivity index (χ1) is 20.3. The third-order valence-electron chi connectivity index (χ3n) is 7.89. The zero-order chi connectivity index (χ0) is 27.2. The molecule has 0 unspecified atom stereocenters. The maximum atomic E-state index is 4.92. The van der Waals surface area contributed by atoms with Crippen LogP contribution in [0.3, 0.4) is 0 Å². The number of aromatic nitrogens is 3. The van der Waals surface area contributed by atoms with Gasteiger partial charge in [0.1, 0.15) is 11.3 Å². The van der Waals surface area contributed by atoms with E-state index < -0.39 is 0 Å². The van der Waals surface area contributed by atoms with Gasteiger partial charge in [0.25, 0.3) is 0 Å². The van der Waals surface area contributed by atoms with E-state index in [1.165, 1.54) is 43.8 Å². The minimum Gasteiger partial charge on any atom is -0.299 e. The Morgan fingerprint density at radius 2 is 1.12 bits per heavy atom. The Kier molecular flexibility index (Phi) is 5.46. The monoisotopic (exact) mass is 523 g/mol. The fourth-order valence-corrected chi connectivity index (χ4v) is 5.91. The van der Waals surface area contributed by atoms with Crippen LogP contribution in [0.1, 0.15) is 0 Å². The maximum absolute atomic E-state index is 4.92. The molecule has 0 spiro atoms. The molecular weight excluding hydrogens is 498 g/mol. The minimum absolute atomic E-state index is 0.868. The Labute approximate surface area is 238 Å². The molecule has 0 saturated heterocycles. The van der Waals surface area contributed by atoms with Crippen LogP contribution in [0.4, 0.5) is 0 Å². The van der Waals surface area contributed by atoms with Gasteiger partial charge in [-0.05, 0) is 74.1 Å². The average molecular weight is 524 g/mol. The van der Waals surface area contributed by atoms with Gasteiger partial charge in [0.15, 0.2) is 0 Å². The van der Waals surface area contributed by atoms with E-state index in [4.69, 9.17) is 4.98 Å². The van der Waals surface area contributed by atoms with Gasteiger partial charge in [-0.25, -0.2) is 4.98 Å². The molecule has 0 saturated carbocycles. The van der Waals surface area contributed by atoms with Crippen molar-refractivity contribution in [2.75, 3.05) is 0 Å². The molecule has 8 aromatic rings. The second kappa shape index (κ2) is 9.58. The molecule has 41 heavy (non-hydrogen) atoms. The molecule has 0 N–H and O–H groups in total. The largest absolute Gasteiger partial charge is 0.299 e. The first kappa shape index (κ1) is 23.4. The minimum atomic E-state index is 0.868. The Bertz CT molecular complexity index is 2180. The van der Waals surface area contributed by atoms with Crippen molar-refractivity contribution in [3.05, 3.63) is 152 Å². The van der Waals surface area contributed by atoms with Gasteiger partial charge < -0.3 is 0 Å². The molecule has 3 heteroatoms. The number of hydrogen-bond acceptors (Lipinski definition) is 2. The SMILES string of the molecule is c1ccc(-c2nc3ccccn3c2-c2ccc(-c3ccc(-c4cc5ccccc5c5ccccc45)cc3)cc2)nc1. The van der Waals surface area contributed by atoms with E-state index in [1.807, 2.05) is 42.6 Å². The lowest BCUT2D eigenvalue weighted by Crippen LogP contribution is -1.90. The van der Waals surface area contributed by atoms with Gasteiger partial charge in [-0.2, -0.15) is 0 Å². The van der Waals surface area contributed by atoms with Crippen LogP contribution in [-0.4, -0.2) is 14.4 Å². The van der Waals surface area contributed by atoms with E-state index in [-0.39, 0.29) is 0 Å². The Hall–Kier alpha value is -5.54. The lowest BCUT2D eigenvalue weighted by Gasteiger charge is -2.12. The summed E-state index contributed by atoms with van der Waals surface area (Å²) in [6.45, 7) is 0. The maximum Gasteiger partial charge on any atom is 0.138 e. The number of nitrogens with zero attached hydrogens (tertiary/aromatic N) is 3. The first-order valence-corrected chi connectivity index (χ1v) is 13.8. The van der Waals surface area contributed by atoms with Crippen molar-refractivity contribution < 1.29 is 0 Å².